The van der Waals surface area contributed by atoms with Crippen molar-refractivity contribution in [3.05, 3.63) is 0 Å². The van der Waals surface area contributed by atoms with Gasteiger partial charge in [-0.1, -0.05) is 0 Å². The Hall–Kier alpha value is -0.630. The Morgan fingerprint density at radius 3 is 2.71 bits per heavy atom. The van der Waals surface area contributed by atoms with E-state index < -0.39 is 0 Å². The molecule has 1 saturated carbocycles. The van der Waals surface area contributed by atoms with Crippen molar-refractivity contribution in [2.75, 3.05) is 33.4 Å². The standard InChI is InChI=1S/C13H25N3O/c1-4-17-10-9-16(3)8-7-13(2,11-14)15-12-5-6-12/h12,15H,4-10H2,1-3H3. The van der Waals surface area contributed by atoms with E-state index in [1.54, 1.807) is 0 Å². The predicted octanol–water partition coefficient (Wildman–Crippen LogP) is 1.38. The van der Waals surface area contributed by atoms with E-state index in [0.29, 0.717) is 6.04 Å². The van der Waals surface area contributed by atoms with Gasteiger partial charge in [0.05, 0.1) is 12.7 Å². The molecule has 0 saturated heterocycles. The molecule has 0 aromatic rings. The van der Waals surface area contributed by atoms with Gasteiger partial charge in [-0.25, -0.2) is 0 Å². The van der Waals surface area contributed by atoms with Crippen molar-refractivity contribution in [2.24, 2.45) is 0 Å². The molecule has 0 bridgehead atoms. The van der Waals surface area contributed by atoms with E-state index >= 15 is 0 Å². The number of rotatable bonds is 9. The molecule has 1 N–H and O–H groups in total. The first-order valence-electron chi connectivity index (χ1n) is 6.55. The Morgan fingerprint density at radius 1 is 1.47 bits per heavy atom. The van der Waals surface area contributed by atoms with Crippen molar-refractivity contribution in [1.82, 2.24) is 10.2 Å². The van der Waals surface area contributed by atoms with Gasteiger partial charge in [0.25, 0.3) is 0 Å². The van der Waals surface area contributed by atoms with E-state index in [4.69, 9.17) is 4.74 Å². The summed E-state index contributed by atoms with van der Waals surface area (Å²) in [4.78, 5) is 2.22. The van der Waals surface area contributed by atoms with Crippen LogP contribution in [0.5, 0.6) is 0 Å². The second kappa shape index (κ2) is 6.95. The molecule has 0 radical (unpaired) electrons. The summed E-state index contributed by atoms with van der Waals surface area (Å²) in [5.41, 5.74) is -0.374. The van der Waals surface area contributed by atoms with E-state index in [9.17, 15) is 5.26 Å². The summed E-state index contributed by atoms with van der Waals surface area (Å²) in [6.07, 6.45) is 3.30. The molecular formula is C13H25N3O. The van der Waals surface area contributed by atoms with E-state index in [0.717, 1.165) is 32.7 Å². The SMILES string of the molecule is CCOCCN(C)CCC(C)(C#N)NC1CC1. The molecule has 1 fully saturated rings. The molecule has 0 amide bonds. The van der Waals surface area contributed by atoms with Gasteiger partial charge in [0.2, 0.25) is 0 Å². The molecule has 0 aromatic heterocycles. The van der Waals surface area contributed by atoms with Crippen molar-refractivity contribution >= 4 is 0 Å². The summed E-state index contributed by atoms with van der Waals surface area (Å²) < 4.78 is 5.31. The van der Waals surface area contributed by atoms with Gasteiger partial charge in [-0.3, -0.25) is 5.32 Å². The summed E-state index contributed by atoms with van der Waals surface area (Å²) in [6, 6.07) is 2.98. The van der Waals surface area contributed by atoms with Crippen LogP contribution in [0.3, 0.4) is 0 Å². The average Bonchev–Trinajstić information content (AvgIpc) is 3.11. The van der Waals surface area contributed by atoms with Crippen LogP contribution in [0.2, 0.25) is 0 Å². The first kappa shape index (κ1) is 14.4. The maximum absolute atomic E-state index is 9.23. The van der Waals surface area contributed by atoms with Gasteiger partial charge in [0.1, 0.15) is 5.54 Å². The van der Waals surface area contributed by atoms with E-state index in [2.05, 4.69) is 23.3 Å². The van der Waals surface area contributed by atoms with Crippen molar-refractivity contribution in [1.29, 1.82) is 5.26 Å². The second-order valence-electron chi connectivity index (χ2n) is 5.11. The molecule has 0 aliphatic heterocycles. The van der Waals surface area contributed by atoms with Crippen molar-refractivity contribution in [3.8, 4) is 6.07 Å². The van der Waals surface area contributed by atoms with Crippen molar-refractivity contribution in [3.63, 3.8) is 0 Å². The molecule has 1 rings (SSSR count). The molecule has 1 atom stereocenters. The first-order chi connectivity index (χ1) is 8.09. The highest BCUT2D eigenvalue weighted by Gasteiger charge is 2.32. The average molecular weight is 239 g/mol. The Morgan fingerprint density at radius 2 is 2.18 bits per heavy atom. The van der Waals surface area contributed by atoms with Crippen LogP contribution in [0.1, 0.15) is 33.1 Å². The Balaban J connectivity index is 2.19. The maximum Gasteiger partial charge on any atom is 0.105 e. The molecule has 0 heterocycles. The zero-order valence-corrected chi connectivity index (χ0v) is 11.3. The molecule has 0 aromatic carbocycles. The zero-order valence-electron chi connectivity index (χ0n) is 11.3. The van der Waals surface area contributed by atoms with Gasteiger partial charge in [-0.05, 0) is 40.2 Å². The molecule has 4 nitrogen and oxygen atoms in total. The summed E-state index contributed by atoms with van der Waals surface area (Å²) in [5, 5.41) is 12.7. The highest BCUT2D eigenvalue weighted by atomic mass is 16.5. The number of nitrogens with one attached hydrogen (secondary N) is 1. The number of nitrogens with zero attached hydrogens (tertiary/aromatic N) is 2. The van der Waals surface area contributed by atoms with Gasteiger partial charge < -0.3 is 9.64 Å². The smallest absolute Gasteiger partial charge is 0.105 e. The van der Waals surface area contributed by atoms with E-state index in [1.807, 2.05) is 13.8 Å². The quantitative estimate of drug-likeness (QED) is 0.618. The van der Waals surface area contributed by atoms with E-state index in [-0.39, 0.29) is 5.54 Å². The van der Waals surface area contributed by atoms with Crippen LogP contribution in [0, 0.1) is 11.3 Å². The Labute approximate surface area is 105 Å². The van der Waals surface area contributed by atoms with Crippen LogP contribution in [0.15, 0.2) is 0 Å². The van der Waals surface area contributed by atoms with Crippen LogP contribution in [0.4, 0.5) is 0 Å². The van der Waals surface area contributed by atoms with Crippen LogP contribution >= 0.6 is 0 Å². The minimum absolute atomic E-state index is 0.374. The molecule has 0 spiro atoms. The van der Waals surface area contributed by atoms with E-state index in [1.165, 1.54) is 12.8 Å². The number of hydrogen-bond donors (Lipinski definition) is 1. The van der Waals surface area contributed by atoms with Gasteiger partial charge in [0.15, 0.2) is 0 Å². The fourth-order valence-corrected chi connectivity index (χ4v) is 1.73. The van der Waals surface area contributed by atoms with Crippen LogP contribution in [0.25, 0.3) is 0 Å². The third kappa shape index (κ3) is 6.02. The fraction of sp³-hybridized carbons (Fsp3) is 0.923. The Kier molecular flexibility index (Phi) is 5.90. The summed E-state index contributed by atoms with van der Waals surface area (Å²) in [6.45, 7) is 7.41. The third-order valence-electron chi connectivity index (χ3n) is 3.16. The number of hydrogen-bond acceptors (Lipinski definition) is 4. The lowest BCUT2D eigenvalue weighted by atomic mass is 9.99. The lowest BCUT2D eigenvalue weighted by molar-refractivity contribution is 0.120. The molecule has 1 aliphatic rings. The molecule has 4 heteroatoms. The fourth-order valence-electron chi connectivity index (χ4n) is 1.73. The van der Waals surface area contributed by atoms with Gasteiger partial charge >= 0.3 is 0 Å². The molecule has 98 valence electrons. The highest BCUT2D eigenvalue weighted by molar-refractivity contribution is 5.07. The summed E-state index contributed by atoms with van der Waals surface area (Å²) >= 11 is 0. The molecule has 17 heavy (non-hydrogen) atoms. The monoisotopic (exact) mass is 239 g/mol. The number of nitriles is 1. The largest absolute Gasteiger partial charge is 0.380 e. The minimum atomic E-state index is -0.374. The lowest BCUT2D eigenvalue weighted by Gasteiger charge is -2.26. The Bertz CT molecular complexity index is 260. The second-order valence-corrected chi connectivity index (χ2v) is 5.11. The van der Waals surface area contributed by atoms with Crippen molar-refractivity contribution in [2.45, 2.75) is 44.7 Å². The van der Waals surface area contributed by atoms with Crippen LogP contribution in [-0.2, 0) is 4.74 Å². The zero-order chi connectivity index (χ0) is 12.7. The van der Waals surface area contributed by atoms with Crippen molar-refractivity contribution < 1.29 is 4.74 Å². The number of ether oxygens (including phenoxy) is 1. The summed E-state index contributed by atoms with van der Waals surface area (Å²) in [7, 11) is 2.08. The topological polar surface area (TPSA) is 48.3 Å². The minimum Gasteiger partial charge on any atom is -0.380 e. The van der Waals surface area contributed by atoms with Gasteiger partial charge in [0, 0.05) is 25.7 Å². The lowest BCUT2D eigenvalue weighted by Crippen LogP contribution is -2.44. The number of likely N-dealkylation sites (N-methyl/N-ethyl adjacent to an activating group) is 1. The molecule has 1 aliphatic carbocycles. The highest BCUT2D eigenvalue weighted by Crippen LogP contribution is 2.23. The van der Waals surface area contributed by atoms with Crippen LogP contribution < -0.4 is 5.32 Å². The molecular weight excluding hydrogens is 214 g/mol. The molecule has 1 unspecified atom stereocenters. The maximum atomic E-state index is 9.23. The normalized spacial score (nSPS) is 19.0. The first-order valence-corrected chi connectivity index (χ1v) is 6.55. The van der Waals surface area contributed by atoms with Gasteiger partial charge in [-0.15, -0.1) is 0 Å². The van der Waals surface area contributed by atoms with Gasteiger partial charge in [-0.2, -0.15) is 5.26 Å². The third-order valence-corrected chi connectivity index (χ3v) is 3.16. The van der Waals surface area contributed by atoms with Crippen LogP contribution in [-0.4, -0.2) is 49.8 Å². The summed E-state index contributed by atoms with van der Waals surface area (Å²) in [5.74, 6) is 0. The predicted molar refractivity (Wildman–Crippen MR) is 68.8 cm³/mol.